The molecule has 0 aromatic carbocycles. The highest BCUT2D eigenvalue weighted by Crippen LogP contribution is 2.36. The van der Waals surface area contributed by atoms with Crippen LogP contribution in [0.4, 0.5) is 0 Å². The van der Waals surface area contributed by atoms with Gasteiger partial charge in [-0.2, -0.15) is 10.4 Å². The molecule has 0 amide bonds. The molecule has 3 heteroatoms. The molecule has 19 heavy (non-hydrogen) atoms. The average Bonchev–Trinajstić information content (AvgIpc) is 2.74. The van der Waals surface area contributed by atoms with Crippen molar-refractivity contribution in [2.45, 2.75) is 64.7 Å². The van der Waals surface area contributed by atoms with Gasteiger partial charge in [-0.05, 0) is 25.3 Å². The summed E-state index contributed by atoms with van der Waals surface area (Å²) in [6.07, 6.45) is 10.3. The van der Waals surface area contributed by atoms with Crippen LogP contribution in [0.25, 0.3) is 0 Å². The summed E-state index contributed by atoms with van der Waals surface area (Å²) in [6, 6.07) is 4.83. The Morgan fingerprint density at radius 1 is 1.26 bits per heavy atom. The second kappa shape index (κ2) is 6.23. The highest BCUT2D eigenvalue weighted by molar-refractivity contribution is 5.15. The van der Waals surface area contributed by atoms with Gasteiger partial charge in [-0.3, -0.25) is 4.68 Å². The van der Waals surface area contributed by atoms with Gasteiger partial charge in [0.1, 0.15) is 0 Å². The van der Waals surface area contributed by atoms with E-state index in [4.69, 9.17) is 0 Å². The Morgan fingerprint density at radius 2 is 1.89 bits per heavy atom. The average molecular weight is 259 g/mol. The van der Waals surface area contributed by atoms with Crippen molar-refractivity contribution in [1.82, 2.24) is 9.78 Å². The van der Waals surface area contributed by atoms with Crippen molar-refractivity contribution in [1.29, 1.82) is 5.26 Å². The minimum Gasteiger partial charge on any atom is -0.272 e. The molecule has 1 fully saturated rings. The van der Waals surface area contributed by atoms with Gasteiger partial charge in [0, 0.05) is 19.2 Å². The van der Waals surface area contributed by atoms with Gasteiger partial charge in [-0.25, -0.2) is 0 Å². The first-order valence-electron chi connectivity index (χ1n) is 7.62. The molecule has 0 radical (unpaired) electrons. The Hall–Kier alpha value is -1.30. The molecule has 0 bridgehead atoms. The van der Waals surface area contributed by atoms with Crippen LogP contribution in [0.15, 0.2) is 6.07 Å². The number of nitriles is 1. The zero-order valence-corrected chi connectivity index (χ0v) is 12.3. The van der Waals surface area contributed by atoms with Crippen molar-refractivity contribution < 1.29 is 0 Å². The summed E-state index contributed by atoms with van der Waals surface area (Å²) in [5.41, 5.74) is 2.20. The van der Waals surface area contributed by atoms with Crippen LogP contribution in [-0.2, 0) is 19.9 Å². The Kier molecular flexibility index (Phi) is 4.63. The van der Waals surface area contributed by atoms with Crippen molar-refractivity contribution >= 4 is 0 Å². The number of hydrogen-bond acceptors (Lipinski definition) is 2. The molecule has 0 atom stereocenters. The van der Waals surface area contributed by atoms with E-state index in [-0.39, 0.29) is 5.41 Å². The molecule has 0 N–H and O–H groups in total. The third-order valence-electron chi connectivity index (χ3n) is 4.46. The molecule has 1 heterocycles. The summed E-state index contributed by atoms with van der Waals surface area (Å²) in [5, 5.41) is 14.2. The second-order valence-corrected chi connectivity index (χ2v) is 5.94. The number of rotatable bonds is 3. The van der Waals surface area contributed by atoms with E-state index in [2.05, 4.69) is 24.2 Å². The zero-order chi connectivity index (χ0) is 13.7. The fourth-order valence-electron chi connectivity index (χ4n) is 3.17. The van der Waals surface area contributed by atoms with E-state index in [1.807, 2.05) is 11.7 Å². The van der Waals surface area contributed by atoms with Crippen LogP contribution in [0.2, 0.25) is 0 Å². The standard InChI is InChI=1S/C16H25N3/c1-3-14-11-15(19(2)18-14)12-16(13-17)9-7-5-4-6-8-10-16/h11H,3-10,12H2,1-2H3. The van der Waals surface area contributed by atoms with Crippen LogP contribution in [0.3, 0.4) is 0 Å². The van der Waals surface area contributed by atoms with E-state index in [1.165, 1.54) is 37.8 Å². The van der Waals surface area contributed by atoms with Crippen molar-refractivity contribution in [2.75, 3.05) is 0 Å². The van der Waals surface area contributed by atoms with Crippen molar-refractivity contribution in [3.63, 3.8) is 0 Å². The Balaban J connectivity index is 2.16. The van der Waals surface area contributed by atoms with Gasteiger partial charge in [0.05, 0.1) is 17.2 Å². The van der Waals surface area contributed by atoms with Crippen molar-refractivity contribution in [3.05, 3.63) is 17.5 Å². The summed E-state index contributed by atoms with van der Waals surface area (Å²) in [6.45, 7) is 2.13. The minimum atomic E-state index is -0.154. The molecule has 1 aliphatic carbocycles. The molecule has 0 saturated heterocycles. The molecule has 0 unspecified atom stereocenters. The first kappa shape index (κ1) is 14.1. The Labute approximate surface area is 116 Å². The van der Waals surface area contributed by atoms with Gasteiger partial charge < -0.3 is 0 Å². The summed E-state index contributed by atoms with van der Waals surface area (Å²) in [5.74, 6) is 0. The fourth-order valence-corrected chi connectivity index (χ4v) is 3.17. The van der Waals surface area contributed by atoms with Crippen LogP contribution in [0.1, 0.15) is 63.3 Å². The van der Waals surface area contributed by atoms with Gasteiger partial charge in [-0.15, -0.1) is 0 Å². The lowest BCUT2D eigenvalue weighted by Gasteiger charge is -2.28. The Bertz CT molecular complexity index is 445. The predicted molar refractivity (Wildman–Crippen MR) is 76.7 cm³/mol. The smallest absolute Gasteiger partial charge is 0.0693 e. The van der Waals surface area contributed by atoms with Gasteiger partial charge in [0.25, 0.3) is 0 Å². The highest BCUT2D eigenvalue weighted by Gasteiger charge is 2.31. The number of hydrogen-bond donors (Lipinski definition) is 0. The van der Waals surface area contributed by atoms with Gasteiger partial charge in [-0.1, -0.05) is 39.0 Å². The van der Waals surface area contributed by atoms with E-state index in [0.717, 1.165) is 31.4 Å². The SMILES string of the molecule is CCc1cc(CC2(C#N)CCCCCCC2)n(C)n1. The Morgan fingerprint density at radius 3 is 2.42 bits per heavy atom. The monoisotopic (exact) mass is 259 g/mol. The lowest BCUT2D eigenvalue weighted by molar-refractivity contribution is 0.282. The van der Waals surface area contributed by atoms with Crippen LogP contribution < -0.4 is 0 Å². The van der Waals surface area contributed by atoms with Gasteiger partial charge in [0.2, 0.25) is 0 Å². The van der Waals surface area contributed by atoms with Gasteiger partial charge in [0.15, 0.2) is 0 Å². The summed E-state index contributed by atoms with van der Waals surface area (Å²) >= 11 is 0. The highest BCUT2D eigenvalue weighted by atomic mass is 15.3. The third kappa shape index (κ3) is 3.37. The molecule has 0 spiro atoms. The molecule has 104 valence electrons. The van der Waals surface area contributed by atoms with E-state index in [9.17, 15) is 5.26 Å². The summed E-state index contributed by atoms with van der Waals surface area (Å²) < 4.78 is 1.97. The number of aromatic nitrogens is 2. The number of aryl methyl sites for hydroxylation is 2. The normalized spacial score (nSPS) is 19.4. The first-order valence-corrected chi connectivity index (χ1v) is 7.62. The van der Waals surface area contributed by atoms with Crippen molar-refractivity contribution in [3.8, 4) is 6.07 Å². The van der Waals surface area contributed by atoms with Crippen LogP contribution in [-0.4, -0.2) is 9.78 Å². The van der Waals surface area contributed by atoms with E-state index in [1.54, 1.807) is 0 Å². The summed E-state index contributed by atoms with van der Waals surface area (Å²) in [4.78, 5) is 0. The third-order valence-corrected chi connectivity index (χ3v) is 4.46. The quantitative estimate of drug-likeness (QED) is 0.829. The maximum Gasteiger partial charge on any atom is 0.0693 e. The largest absolute Gasteiger partial charge is 0.272 e. The minimum absolute atomic E-state index is 0.154. The molecule has 3 nitrogen and oxygen atoms in total. The molecular formula is C16H25N3. The fraction of sp³-hybridized carbons (Fsp3) is 0.750. The molecule has 1 aromatic rings. The molecule has 2 rings (SSSR count). The molecule has 0 aliphatic heterocycles. The van der Waals surface area contributed by atoms with Crippen molar-refractivity contribution in [2.24, 2.45) is 12.5 Å². The molecular weight excluding hydrogens is 234 g/mol. The van der Waals surface area contributed by atoms with E-state index < -0.39 is 0 Å². The predicted octanol–water partition coefficient (Wildman–Crippen LogP) is 3.78. The topological polar surface area (TPSA) is 41.6 Å². The van der Waals surface area contributed by atoms with Crippen LogP contribution in [0, 0.1) is 16.7 Å². The molecule has 1 aromatic heterocycles. The lowest BCUT2D eigenvalue weighted by Crippen LogP contribution is -2.24. The zero-order valence-electron chi connectivity index (χ0n) is 12.3. The first-order chi connectivity index (χ1) is 9.19. The van der Waals surface area contributed by atoms with E-state index >= 15 is 0 Å². The maximum absolute atomic E-state index is 9.69. The van der Waals surface area contributed by atoms with Crippen LogP contribution >= 0.6 is 0 Å². The molecule has 1 saturated carbocycles. The maximum atomic E-state index is 9.69. The number of nitrogens with zero attached hydrogens (tertiary/aromatic N) is 3. The lowest BCUT2D eigenvalue weighted by atomic mass is 9.74. The summed E-state index contributed by atoms with van der Waals surface area (Å²) in [7, 11) is 2.00. The van der Waals surface area contributed by atoms with Gasteiger partial charge >= 0.3 is 0 Å². The second-order valence-electron chi connectivity index (χ2n) is 5.94. The van der Waals surface area contributed by atoms with Crippen LogP contribution in [0.5, 0.6) is 0 Å². The molecule has 1 aliphatic rings. The van der Waals surface area contributed by atoms with E-state index in [0.29, 0.717) is 0 Å².